The Morgan fingerprint density at radius 1 is 1.00 bits per heavy atom. The molecule has 1 aliphatic carbocycles. The minimum absolute atomic E-state index is 0.155. The zero-order chi connectivity index (χ0) is 21.8. The quantitative estimate of drug-likeness (QED) is 0.555. The molecule has 31 heavy (non-hydrogen) atoms. The first-order valence-electron chi connectivity index (χ1n) is 10.5. The molecule has 0 heterocycles. The SMILES string of the molecule is COc1ccc(C(=O)NC2=Cc3ccccc3C2C)cc1OCCc1cccc(C)c1. The molecule has 1 N–H and O–H groups in total. The molecule has 0 aromatic heterocycles. The minimum Gasteiger partial charge on any atom is -0.493 e. The second-order valence-corrected chi connectivity index (χ2v) is 7.86. The normalized spacial score (nSPS) is 14.5. The third-order valence-corrected chi connectivity index (χ3v) is 5.65. The molecule has 1 unspecified atom stereocenters. The van der Waals surface area contributed by atoms with Gasteiger partial charge < -0.3 is 14.8 Å². The molecule has 0 fully saturated rings. The summed E-state index contributed by atoms with van der Waals surface area (Å²) in [5.74, 6) is 1.18. The van der Waals surface area contributed by atoms with Crippen LogP contribution in [0, 0.1) is 6.92 Å². The van der Waals surface area contributed by atoms with Crippen LogP contribution in [0.1, 0.15) is 45.5 Å². The molecule has 4 nitrogen and oxygen atoms in total. The highest BCUT2D eigenvalue weighted by Crippen LogP contribution is 2.34. The highest BCUT2D eigenvalue weighted by atomic mass is 16.5. The van der Waals surface area contributed by atoms with Crippen molar-refractivity contribution in [2.24, 2.45) is 0 Å². The molecule has 0 saturated carbocycles. The van der Waals surface area contributed by atoms with E-state index in [1.807, 2.05) is 24.3 Å². The Kier molecular flexibility index (Phi) is 6.08. The molecule has 158 valence electrons. The molecule has 4 rings (SSSR count). The fourth-order valence-electron chi connectivity index (χ4n) is 3.92. The molecule has 0 radical (unpaired) electrons. The van der Waals surface area contributed by atoms with Crippen molar-refractivity contribution in [3.8, 4) is 11.5 Å². The van der Waals surface area contributed by atoms with Crippen LogP contribution in [0.5, 0.6) is 11.5 Å². The van der Waals surface area contributed by atoms with Gasteiger partial charge in [-0.2, -0.15) is 0 Å². The molecular weight excluding hydrogens is 386 g/mol. The van der Waals surface area contributed by atoms with E-state index in [0.717, 1.165) is 17.7 Å². The average molecular weight is 414 g/mol. The lowest BCUT2D eigenvalue weighted by Gasteiger charge is -2.15. The van der Waals surface area contributed by atoms with Crippen LogP contribution in [0.25, 0.3) is 6.08 Å². The predicted molar refractivity (Wildman–Crippen MR) is 124 cm³/mol. The average Bonchev–Trinajstić information content (AvgIpc) is 3.09. The van der Waals surface area contributed by atoms with E-state index in [2.05, 4.69) is 49.5 Å². The minimum atomic E-state index is -0.155. The lowest BCUT2D eigenvalue weighted by Crippen LogP contribution is -2.24. The molecule has 0 saturated heterocycles. The number of allylic oxidation sites excluding steroid dienone is 1. The Labute approximate surface area is 183 Å². The van der Waals surface area contributed by atoms with Gasteiger partial charge in [0.05, 0.1) is 13.7 Å². The van der Waals surface area contributed by atoms with Crippen molar-refractivity contribution in [3.05, 3.63) is 100 Å². The van der Waals surface area contributed by atoms with E-state index >= 15 is 0 Å². The van der Waals surface area contributed by atoms with Crippen LogP contribution < -0.4 is 14.8 Å². The highest BCUT2D eigenvalue weighted by molar-refractivity contribution is 5.97. The van der Waals surface area contributed by atoms with Gasteiger partial charge in [0.2, 0.25) is 0 Å². The van der Waals surface area contributed by atoms with Crippen molar-refractivity contribution in [1.82, 2.24) is 5.32 Å². The van der Waals surface area contributed by atoms with Gasteiger partial charge in [-0.25, -0.2) is 0 Å². The molecule has 3 aromatic rings. The fraction of sp³-hybridized carbons (Fsp3) is 0.222. The molecule has 3 aromatic carbocycles. The number of carbonyl (C=O) groups excluding carboxylic acids is 1. The summed E-state index contributed by atoms with van der Waals surface area (Å²) in [5, 5.41) is 3.07. The first-order chi connectivity index (χ1) is 15.0. The van der Waals surface area contributed by atoms with E-state index in [-0.39, 0.29) is 11.8 Å². The summed E-state index contributed by atoms with van der Waals surface area (Å²) in [6.07, 6.45) is 2.82. The Bertz CT molecular complexity index is 1130. The van der Waals surface area contributed by atoms with Crippen molar-refractivity contribution in [3.63, 3.8) is 0 Å². The maximum atomic E-state index is 12.9. The number of rotatable bonds is 7. The lowest BCUT2D eigenvalue weighted by atomic mass is 10.0. The third-order valence-electron chi connectivity index (χ3n) is 5.65. The zero-order valence-electron chi connectivity index (χ0n) is 18.1. The van der Waals surface area contributed by atoms with Gasteiger partial charge in [0.1, 0.15) is 0 Å². The number of nitrogens with one attached hydrogen (secondary N) is 1. The van der Waals surface area contributed by atoms with Gasteiger partial charge in [-0.15, -0.1) is 0 Å². The Morgan fingerprint density at radius 2 is 1.84 bits per heavy atom. The Hall–Kier alpha value is -3.53. The van der Waals surface area contributed by atoms with Crippen molar-refractivity contribution in [2.45, 2.75) is 26.2 Å². The standard InChI is InChI=1S/C27H27NO3/c1-18-7-6-8-20(15-18)13-14-31-26-17-22(11-12-25(26)30-3)27(29)28-24-16-21-9-4-5-10-23(21)19(24)2/h4-12,15-17,19H,13-14H2,1-3H3,(H,28,29). The summed E-state index contributed by atoms with van der Waals surface area (Å²) >= 11 is 0. The second kappa shape index (κ2) is 9.09. The van der Waals surface area contributed by atoms with Crippen molar-refractivity contribution < 1.29 is 14.3 Å². The number of carbonyl (C=O) groups is 1. The molecular formula is C27H27NO3. The van der Waals surface area contributed by atoms with E-state index in [4.69, 9.17) is 9.47 Å². The summed E-state index contributed by atoms with van der Waals surface area (Å²) in [5.41, 5.74) is 6.27. The fourth-order valence-corrected chi connectivity index (χ4v) is 3.92. The Balaban J connectivity index is 1.45. The summed E-state index contributed by atoms with van der Waals surface area (Å²) in [7, 11) is 1.60. The van der Waals surface area contributed by atoms with Crippen molar-refractivity contribution >= 4 is 12.0 Å². The van der Waals surface area contributed by atoms with E-state index in [9.17, 15) is 4.79 Å². The predicted octanol–water partition coefficient (Wildman–Crippen LogP) is 5.51. The van der Waals surface area contributed by atoms with Crippen LogP contribution in [0.4, 0.5) is 0 Å². The van der Waals surface area contributed by atoms with Crippen molar-refractivity contribution in [2.75, 3.05) is 13.7 Å². The number of methoxy groups -OCH3 is 1. The lowest BCUT2D eigenvalue weighted by molar-refractivity contribution is 0.0964. The van der Waals surface area contributed by atoms with E-state index < -0.39 is 0 Å². The van der Waals surface area contributed by atoms with Gasteiger partial charge in [0.25, 0.3) is 5.91 Å². The number of hydrogen-bond acceptors (Lipinski definition) is 3. The number of ether oxygens (including phenoxy) is 2. The number of fused-ring (bicyclic) bond motifs is 1. The monoisotopic (exact) mass is 413 g/mol. The molecule has 1 aliphatic rings. The van der Waals surface area contributed by atoms with Crippen LogP contribution in [0.3, 0.4) is 0 Å². The molecule has 1 atom stereocenters. The van der Waals surface area contributed by atoms with Gasteiger partial charge in [-0.3, -0.25) is 4.79 Å². The number of aryl methyl sites for hydroxylation is 1. The number of amides is 1. The second-order valence-electron chi connectivity index (χ2n) is 7.86. The van der Waals surface area contributed by atoms with E-state index in [1.54, 1.807) is 25.3 Å². The van der Waals surface area contributed by atoms with Gasteiger partial charge in [0.15, 0.2) is 11.5 Å². The summed E-state index contributed by atoms with van der Waals surface area (Å²) in [6.45, 7) is 4.68. The van der Waals surface area contributed by atoms with Gasteiger partial charge in [0, 0.05) is 23.6 Å². The highest BCUT2D eigenvalue weighted by Gasteiger charge is 2.23. The molecule has 0 spiro atoms. The molecule has 0 aliphatic heterocycles. The molecule has 0 bridgehead atoms. The Morgan fingerprint density at radius 3 is 2.61 bits per heavy atom. The number of benzene rings is 3. The van der Waals surface area contributed by atoms with Crippen LogP contribution >= 0.6 is 0 Å². The molecule has 4 heteroatoms. The van der Waals surface area contributed by atoms with Gasteiger partial charge in [-0.1, -0.05) is 61.0 Å². The number of hydrogen-bond donors (Lipinski definition) is 1. The van der Waals surface area contributed by atoms with Crippen LogP contribution in [0.15, 0.2) is 72.4 Å². The van der Waals surface area contributed by atoms with Gasteiger partial charge >= 0.3 is 0 Å². The smallest absolute Gasteiger partial charge is 0.255 e. The zero-order valence-corrected chi connectivity index (χ0v) is 18.1. The van der Waals surface area contributed by atoms with Crippen molar-refractivity contribution in [1.29, 1.82) is 0 Å². The van der Waals surface area contributed by atoms with Crippen LogP contribution in [0.2, 0.25) is 0 Å². The first-order valence-corrected chi connectivity index (χ1v) is 10.5. The van der Waals surface area contributed by atoms with E-state index in [1.165, 1.54) is 16.7 Å². The molecule has 1 amide bonds. The largest absolute Gasteiger partial charge is 0.493 e. The summed E-state index contributed by atoms with van der Waals surface area (Å²) < 4.78 is 11.4. The summed E-state index contributed by atoms with van der Waals surface area (Å²) in [4.78, 5) is 12.9. The summed E-state index contributed by atoms with van der Waals surface area (Å²) in [6, 6.07) is 21.9. The van der Waals surface area contributed by atoms with Gasteiger partial charge in [-0.05, 0) is 47.9 Å². The maximum absolute atomic E-state index is 12.9. The maximum Gasteiger partial charge on any atom is 0.255 e. The van der Waals surface area contributed by atoms with Crippen LogP contribution in [-0.4, -0.2) is 19.6 Å². The van der Waals surface area contributed by atoms with E-state index in [0.29, 0.717) is 23.7 Å². The third kappa shape index (κ3) is 4.64. The van der Waals surface area contributed by atoms with Crippen LogP contribution in [-0.2, 0) is 6.42 Å². The topological polar surface area (TPSA) is 47.6 Å². The first kappa shape index (κ1) is 20.7.